The normalized spacial score (nSPS) is 16.6. The third-order valence-electron chi connectivity index (χ3n) is 3.66. The van der Waals surface area contributed by atoms with Crippen LogP contribution >= 0.6 is 0 Å². The Kier molecular flexibility index (Phi) is 3.89. The van der Waals surface area contributed by atoms with Gasteiger partial charge in [-0.15, -0.1) is 0 Å². The molecule has 1 aliphatic rings. The molecule has 0 bridgehead atoms. The van der Waals surface area contributed by atoms with Crippen LogP contribution in [-0.4, -0.2) is 23.2 Å². The van der Waals surface area contributed by atoms with E-state index in [4.69, 9.17) is 4.52 Å². The highest BCUT2D eigenvalue weighted by molar-refractivity contribution is 5.15. The summed E-state index contributed by atoms with van der Waals surface area (Å²) in [5.74, 6) is 2.12. The molecule has 2 aromatic rings. The van der Waals surface area contributed by atoms with E-state index in [2.05, 4.69) is 39.7 Å². The fourth-order valence-corrected chi connectivity index (χ4v) is 2.51. The SMILES string of the molecule is c1ccc(CCc2nc(C3CCNCC3)no2)cc1. The molecule has 3 rings (SSSR count). The minimum Gasteiger partial charge on any atom is -0.339 e. The number of benzene rings is 1. The number of rotatable bonds is 4. The number of piperidine rings is 1. The molecule has 1 aromatic heterocycles. The van der Waals surface area contributed by atoms with Gasteiger partial charge in [0.1, 0.15) is 0 Å². The van der Waals surface area contributed by atoms with Gasteiger partial charge < -0.3 is 9.84 Å². The van der Waals surface area contributed by atoms with E-state index in [9.17, 15) is 0 Å². The Labute approximate surface area is 113 Å². The largest absolute Gasteiger partial charge is 0.339 e. The second-order valence-electron chi connectivity index (χ2n) is 5.06. The monoisotopic (exact) mass is 257 g/mol. The molecule has 0 saturated carbocycles. The molecule has 4 heteroatoms. The van der Waals surface area contributed by atoms with E-state index in [0.29, 0.717) is 5.92 Å². The van der Waals surface area contributed by atoms with Crippen molar-refractivity contribution in [3.63, 3.8) is 0 Å². The van der Waals surface area contributed by atoms with Crippen LogP contribution in [0.3, 0.4) is 0 Å². The molecule has 0 spiro atoms. The molecule has 1 saturated heterocycles. The van der Waals surface area contributed by atoms with E-state index in [0.717, 1.165) is 50.5 Å². The highest BCUT2D eigenvalue weighted by Gasteiger charge is 2.20. The summed E-state index contributed by atoms with van der Waals surface area (Å²) in [5, 5.41) is 7.49. The van der Waals surface area contributed by atoms with Crippen molar-refractivity contribution in [3.05, 3.63) is 47.6 Å². The molecule has 2 heterocycles. The molecule has 19 heavy (non-hydrogen) atoms. The maximum absolute atomic E-state index is 5.36. The summed E-state index contributed by atoms with van der Waals surface area (Å²) >= 11 is 0. The van der Waals surface area contributed by atoms with Gasteiger partial charge >= 0.3 is 0 Å². The number of nitrogens with one attached hydrogen (secondary N) is 1. The first-order valence-electron chi connectivity index (χ1n) is 6.99. The molecule has 4 nitrogen and oxygen atoms in total. The Morgan fingerprint density at radius 2 is 1.89 bits per heavy atom. The lowest BCUT2D eigenvalue weighted by Crippen LogP contribution is -2.27. The Balaban J connectivity index is 1.58. The average molecular weight is 257 g/mol. The smallest absolute Gasteiger partial charge is 0.226 e. The van der Waals surface area contributed by atoms with Crippen molar-refractivity contribution in [2.45, 2.75) is 31.6 Å². The Bertz CT molecular complexity index is 503. The summed E-state index contributed by atoms with van der Waals surface area (Å²) in [7, 11) is 0. The minimum absolute atomic E-state index is 0.468. The van der Waals surface area contributed by atoms with Crippen molar-refractivity contribution in [1.29, 1.82) is 0 Å². The van der Waals surface area contributed by atoms with Crippen molar-refractivity contribution >= 4 is 0 Å². The van der Waals surface area contributed by atoms with Crippen molar-refractivity contribution in [3.8, 4) is 0 Å². The van der Waals surface area contributed by atoms with Crippen molar-refractivity contribution < 1.29 is 4.52 Å². The van der Waals surface area contributed by atoms with Gasteiger partial charge in [-0.05, 0) is 37.9 Å². The van der Waals surface area contributed by atoms with Gasteiger partial charge in [-0.25, -0.2) is 0 Å². The molecule has 1 aliphatic heterocycles. The van der Waals surface area contributed by atoms with E-state index < -0.39 is 0 Å². The van der Waals surface area contributed by atoms with Crippen LogP contribution in [-0.2, 0) is 12.8 Å². The molecule has 0 aliphatic carbocycles. The zero-order chi connectivity index (χ0) is 12.9. The molecule has 1 fully saturated rings. The zero-order valence-corrected chi connectivity index (χ0v) is 11.0. The molecular weight excluding hydrogens is 238 g/mol. The maximum Gasteiger partial charge on any atom is 0.226 e. The number of aryl methyl sites for hydroxylation is 2. The van der Waals surface area contributed by atoms with Gasteiger partial charge in [0.25, 0.3) is 0 Å². The van der Waals surface area contributed by atoms with E-state index in [1.165, 1.54) is 5.56 Å². The van der Waals surface area contributed by atoms with Gasteiger partial charge in [-0.3, -0.25) is 0 Å². The molecule has 0 amide bonds. The molecule has 0 radical (unpaired) electrons. The summed E-state index contributed by atoms with van der Waals surface area (Å²) in [6.45, 7) is 2.11. The first-order chi connectivity index (χ1) is 9.42. The summed E-state index contributed by atoms with van der Waals surface area (Å²) in [6.07, 6.45) is 3.99. The van der Waals surface area contributed by atoms with Crippen LogP contribution in [0.2, 0.25) is 0 Å². The Hall–Kier alpha value is -1.68. The van der Waals surface area contributed by atoms with Gasteiger partial charge in [0, 0.05) is 12.3 Å². The van der Waals surface area contributed by atoms with Crippen LogP contribution in [0.1, 0.15) is 36.0 Å². The van der Waals surface area contributed by atoms with Crippen LogP contribution in [0.25, 0.3) is 0 Å². The molecule has 0 unspecified atom stereocenters. The van der Waals surface area contributed by atoms with Crippen LogP contribution in [0.4, 0.5) is 0 Å². The third-order valence-corrected chi connectivity index (χ3v) is 3.66. The van der Waals surface area contributed by atoms with Crippen LogP contribution in [0, 0.1) is 0 Å². The first kappa shape index (κ1) is 12.4. The number of hydrogen-bond donors (Lipinski definition) is 1. The second-order valence-corrected chi connectivity index (χ2v) is 5.06. The minimum atomic E-state index is 0.468. The lowest BCUT2D eigenvalue weighted by molar-refractivity contribution is 0.360. The Morgan fingerprint density at radius 1 is 1.11 bits per heavy atom. The summed E-state index contributed by atoms with van der Waals surface area (Å²) in [4.78, 5) is 4.54. The van der Waals surface area contributed by atoms with Gasteiger partial charge in [0.05, 0.1) is 0 Å². The van der Waals surface area contributed by atoms with E-state index in [1.807, 2.05) is 6.07 Å². The second kappa shape index (κ2) is 5.97. The van der Waals surface area contributed by atoms with Gasteiger partial charge in [0.15, 0.2) is 5.82 Å². The Morgan fingerprint density at radius 3 is 2.68 bits per heavy atom. The predicted molar refractivity (Wildman–Crippen MR) is 73.0 cm³/mol. The molecule has 1 N–H and O–H groups in total. The molecular formula is C15H19N3O. The van der Waals surface area contributed by atoms with E-state index >= 15 is 0 Å². The quantitative estimate of drug-likeness (QED) is 0.913. The van der Waals surface area contributed by atoms with Crippen molar-refractivity contribution in [2.24, 2.45) is 0 Å². The number of hydrogen-bond acceptors (Lipinski definition) is 4. The van der Waals surface area contributed by atoms with E-state index in [-0.39, 0.29) is 0 Å². The zero-order valence-electron chi connectivity index (χ0n) is 11.0. The van der Waals surface area contributed by atoms with Crippen LogP contribution in [0.5, 0.6) is 0 Å². The van der Waals surface area contributed by atoms with Crippen molar-refractivity contribution in [1.82, 2.24) is 15.5 Å². The first-order valence-corrected chi connectivity index (χ1v) is 6.99. The average Bonchev–Trinajstić information content (AvgIpc) is 2.96. The summed E-state index contributed by atoms with van der Waals surface area (Å²) in [5.41, 5.74) is 1.31. The number of nitrogens with zero attached hydrogens (tertiary/aromatic N) is 2. The fraction of sp³-hybridized carbons (Fsp3) is 0.467. The maximum atomic E-state index is 5.36. The standard InChI is InChI=1S/C15H19N3O/c1-2-4-12(5-3-1)6-7-14-17-15(18-19-14)13-8-10-16-11-9-13/h1-5,13,16H,6-11H2. The molecule has 1 aromatic carbocycles. The summed E-state index contributed by atoms with van der Waals surface area (Å²) in [6, 6.07) is 10.4. The highest BCUT2D eigenvalue weighted by atomic mass is 16.5. The van der Waals surface area contributed by atoms with Crippen LogP contribution < -0.4 is 5.32 Å². The molecule has 0 atom stereocenters. The highest BCUT2D eigenvalue weighted by Crippen LogP contribution is 2.22. The van der Waals surface area contributed by atoms with Gasteiger partial charge in [-0.2, -0.15) is 4.98 Å². The predicted octanol–water partition coefficient (Wildman–Crippen LogP) is 2.32. The lowest BCUT2D eigenvalue weighted by Gasteiger charge is -2.18. The topological polar surface area (TPSA) is 51.0 Å². The van der Waals surface area contributed by atoms with Crippen LogP contribution in [0.15, 0.2) is 34.9 Å². The van der Waals surface area contributed by atoms with Gasteiger partial charge in [0.2, 0.25) is 5.89 Å². The van der Waals surface area contributed by atoms with Gasteiger partial charge in [-0.1, -0.05) is 35.5 Å². The lowest BCUT2D eigenvalue weighted by atomic mass is 9.98. The number of aromatic nitrogens is 2. The summed E-state index contributed by atoms with van der Waals surface area (Å²) < 4.78 is 5.36. The van der Waals surface area contributed by atoms with Crippen molar-refractivity contribution in [2.75, 3.05) is 13.1 Å². The fourth-order valence-electron chi connectivity index (χ4n) is 2.51. The molecule has 100 valence electrons. The third kappa shape index (κ3) is 3.20. The van der Waals surface area contributed by atoms with E-state index in [1.54, 1.807) is 0 Å².